The Morgan fingerprint density at radius 1 is 1.27 bits per heavy atom. The molecule has 1 aliphatic heterocycles. The minimum Gasteiger partial charge on any atom is -0.355 e. The second-order valence-corrected chi connectivity index (χ2v) is 6.58. The highest BCUT2D eigenvalue weighted by atomic mass is 32.2. The quantitative estimate of drug-likeness (QED) is 0.910. The van der Waals surface area contributed by atoms with Crippen molar-refractivity contribution in [2.45, 2.75) is 43.0 Å². The first kappa shape index (κ1) is 15.1. The molecule has 22 heavy (non-hydrogen) atoms. The van der Waals surface area contributed by atoms with Gasteiger partial charge in [-0.05, 0) is 24.8 Å². The Morgan fingerprint density at radius 3 is 2.86 bits per heavy atom. The van der Waals surface area contributed by atoms with Crippen LogP contribution in [-0.4, -0.2) is 32.9 Å². The third kappa shape index (κ3) is 3.50. The number of nitrogens with one attached hydrogen (secondary N) is 2. The van der Waals surface area contributed by atoms with E-state index in [2.05, 4.69) is 39.6 Å². The summed E-state index contributed by atoms with van der Waals surface area (Å²) in [4.78, 5) is 16.5. The van der Waals surface area contributed by atoms with Crippen LogP contribution in [0.25, 0.3) is 11.4 Å². The van der Waals surface area contributed by atoms with Crippen molar-refractivity contribution in [2.75, 3.05) is 6.54 Å². The lowest BCUT2D eigenvalue weighted by Crippen LogP contribution is -2.30. The Hall–Kier alpha value is -1.82. The van der Waals surface area contributed by atoms with Crippen molar-refractivity contribution < 1.29 is 4.79 Å². The van der Waals surface area contributed by atoms with Gasteiger partial charge in [-0.1, -0.05) is 49.4 Å². The molecule has 1 aromatic heterocycles. The topological polar surface area (TPSA) is 70.7 Å². The first-order valence-electron chi connectivity index (χ1n) is 7.72. The number of rotatable bonds is 4. The van der Waals surface area contributed by atoms with E-state index in [1.807, 2.05) is 12.1 Å². The Balaban J connectivity index is 1.71. The number of carbonyl (C=O) groups excluding carboxylic acids is 1. The lowest BCUT2D eigenvalue weighted by molar-refractivity contribution is -0.120. The molecule has 2 heterocycles. The molecule has 1 saturated heterocycles. The molecule has 1 atom stereocenters. The number of aromatic nitrogens is 3. The summed E-state index contributed by atoms with van der Waals surface area (Å²) < 4.78 is 0. The number of benzene rings is 1. The maximum Gasteiger partial charge on any atom is 0.233 e. The van der Waals surface area contributed by atoms with Gasteiger partial charge in [0.2, 0.25) is 11.1 Å². The van der Waals surface area contributed by atoms with E-state index in [9.17, 15) is 4.79 Å². The summed E-state index contributed by atoms with van der Waals surface area (Å²) in [5, 5.41) is 10.7. The monoisotopic (exact) mass is 316 g/mol. The fourth-order valence-electron chi connectivity index (χ4n) is 2.48. The van der Waals surface area contributed by atoms with Crippen molar-refractivity contribution in [1.29, 1.82) is 0 Å². The lowest BCUT2D eigenvalue weighted by Gasteiger charge is -2.09. The van der Waals surface area contributed by atoms with Crippen molar-refractivity contribution in [3.63, 3.8) is 0 Å². The van der Waals surface area contributed by atoms with Gasteiger partial charge in [-0.25, -0.2) is 4.98 Å². The van der Waals surface area contributed by atoms with Crippen molar-refractivity contribution in [3.05, 3.63) is 29.8 Å². The number of nitrogens with zero attached hydrogens (tertiary/aromatic N) is 2. The average Bonchev–Trinajstić information content (AvgIpc) is 2.92. The van der Waals surface area contributed by atoms with Gasteiger partial charge in [-0.2, -0.15) is 0 Å². The van der Waals surface area contributed by atoms with Gasteiger partial charge in [0.15, 0.2) is 5.82 Å². The highest BCUT2D eigenvalue weighted by molar-refractivity contribution is 8.00. The lowest BCUT2D eigenvalue weighted by atomic mass is 10.1. The van der Waals surface area contributed by atoms with Crippen LogP contribution >= 0.6 is 11.8 Å². The maximum atomic E-state index is 12.0. The van der Waals surface area contributed by atoms with E-state index in [1.54, 1.807) is 0 Å². The van der Waals surface area contributed by atoms with Crippen LogP contribution in [0.4, 0.5) is 0 Å². The van der Waals surface area contributed by atoms with E-state index in [4.69, 9.17) is 0 Å². The molecule has 0 bridgehead atoms. The van der Waals surface area contributed by atoms with Crippen LogP contribution in [0.5, 0.6) is 0 Å². The van der Waals surface area contributed by atoms with Gasteiger partial charge in [-0.15, -0.1) is 5.10 Å². The third-order valence-corrected chi connectivity index (χ3v) is 4.96. The van der Waals surface area contributed by atoms with Gasteiger partial charge in [0.25, 0.3) is 0 Å². The average molecular weight is 316 g/mol. The first-order valence-corrected chi connectivity index (χ1v) is 8.60. The number of hydrogen-bond acceptors (Lipinski definition) is 4. The summed E-state index contributed by atoms with van der Waals surface area (Å²) in [5.41, 5.74) is 2.31. The zero-order valence-corrected chi connectivity index (χ0v) is 13.4. The molecule has 1 fully saturated rings. The summed E-state index contributed by atoms with van der Waals surface area (Å²) in [6.45, 7) is 2.91. The Morgan fingerprint density at radius 2 is 2.09 bits per heavy atom. The summed E-state index contributed by atoms with van der Waals surface area (Å²) in [6.07, 6.45) is 4.01. The summed E-state index contributed by atoms with van der Waals surface area (Å²) in [6, 6.07) is 8.30. The van der Waals surface area contributed by atoms with Gasteiger partial charge in [0.1, 0.15) is 0 Å². The molecule has 1 amide bonds. The number of hydrogen-bond donors (Lipinski definition) is 2. The van der Waals surface area contributed by atoms with Crippen LogP contribution < -0.4 is 5.32 Å². The number of amides is 1. The number of H-pyrrole nitrogens is 1. The molecular weight excluding hydrogens is 296 g/mol. The number of thioether (sulfide) groups is 1. The van der Waals surface area contributed by atoms with E-state index >= 15 is 0 Å². The van der Waals surface area contributed by atoms with Gasteiger partial charge < -0.3 is 5.32 Å². The predicted molar refractivity (Wildman–Crippen MR) is 87.7 cm³/mol. The van der Waals surface area contributed by atoms with Gasteiger partial charge in [0, 0.05) is 12.1 Å². The molecule has 0 unspecified atom stereocenters. The SMILES string of the molecule is CCc1ccc(-c2nc(S[C@H]3CCCCNC3=O)n[nH]2)cc1. The molecule has 0 aliphatic carbocycles. The molecular formula is C16H20N4OS. The molecule has 1 aromatic carbocycles. The Bertz CT molecular complexity index is 638. The van der Waals surface area contributed by atoms with Gasteiger partial charge in [0.05, 0.1) is 5.25 Å². The maximum absolute atomic E-state index is 12.0. The highest BCUT2D eigenvalue weighted by Crippen LogP contribution is 2.27. The highest BCUT2D eigenvalue weighted by Gasteiger charge is 2.23. The molecule has 0 spiro atoms. The second kappa shape index (κ2) is 6.96. The molecule has 0 radical (unpaired) electrons. The molecule has 2 N–H and O–H groups in total. The van der Waals surface area contributed by atoms with Crippen molar-refractivity contribution in [2.24, 2.45) is 0 Å². The van der Waals surface area contributed by atoms with Crippen LogP contribution in [0.1, 0.15) is 31.7 Å². The standard InChI is InChI=1S/C16H20N4OS/c1-2-11-6-8-12(9-7-11)14-18-16(20-19-14)22-13-5-3-4-10-17-15(13)21/h6-9,13H,2-5,10H2,1H3,(H,17,21)(H,18,19,20)/t13-/m0/s1. The molecule has 2 aromatic rings. The zero-order chi connectivity index (χ0) is 15.4. The van der Waals surface area contributed by atoms with Crippen molar-refractivity contribution >= 4 is 17.7 Å². The van der Waals surface area contributed by atoms with Crippen LogP contribution in [0, 0.1) is 0 Å². The van der Waals surface area contributed by atoms with E-state index < -0.39 is 0 Å². The van der Waals surface area contributed by atoms with E-state index in [0.717, 1.165) is 43.6 Å². The number of aryl methyl sites for hydroxylation is 1. The van der Waals surface area contributed by atoms with Crippen LogP contribution in [0.2, 0.25) is 0 Å². The predicted octanol–water partition coefficient (Wildman–Crippen LogP) is 2.79. The number of aromatic amines is 1. The molecule has 3 rings (SSSR count). The van der Waals surface area contributed by atoms with E-state index in [-0.39, 0.29) is 11.2 Å². The minimum absolute atomic E-state index is 0.0892. The fourth-order valence-corrected chi connectivity index (χ4v) is 3.45. The zero-order valence-electron chi connectivity index (χ0n) is 12.6. The second-order valence-electron chi connectivity index (χ2n) is 5.41. The largest absolute Gasteiger partial charge is 0.355 e. The Labute approximate surface area is 134 Å². The van der Waals surface area contributed by atoms with Crippen LogP contribution in [-0.2, 0) is 11.2 Å². The summed E-state index contributed by atoms with van der Waals surface area (Å²) in [7, 11) is 0. The molecule has 6 heteroatoms. The fraction of sp³-hybridized carbons (Fsp3) is 0.438. The third-order valence-electron chi connectivity index (χ3n) is 3.83. The molecule has 5 nitrogen and oxygen atoms in total. The summed E-state index contributed by atoms with van der Waals surface area (Å²) in [5.74, 6) is 0.848. The molecule has 1 aliphatic rings. The van der Waals surface area contributed by atoms with Gasteiger partial charge >= 0.3 is 0 Å². The van der Waals surface area contributed by atoms with Crippen molar-refractivity contribution in [1.82, 2.24) is 20.5 Å². The smallest absolute Gasteiger partial charge is 0.233 e. The minimum atomic E-state index is -0.0892. The van der Waals surface area contributed by atoms with E-state index in [1.165, 1.54) is 17.3 Å². The normalized spacial score (nSPS) is 18.8. The number of carbonyl (C=O) groups is 1. The van der Waals surface area contributed by atoms with Crippen LogP contribution in [0.3, 0.4) is 0 Å². The first-order chi connectivity index (χ1) is 10.8. The van der Waals surface area contributed by atoms with Crippen molar-refractivity contribution in [3.8, 4) is 11.4 Å². The Kier molecular flexibility index (Phi) is 4.77. The molecule has 116 valence electrons. The van der Waals surface area contributed by atoms with E-state index in [0.29, 0.717) is 5.16 Å². The summed E-state index contributed by atoms with van der Waals surface area (Å²) >= 11 is 1.44. The van der Waals surface area contributed by atoms with Gasteiger partial charge in [-0.3, -0.25) is 9.89 Å². The molecule has 0 saturated carbocycles. The van der Waals surface area contributed by atoms with Crippen LogP contribution in [0.15, 0.2) is 29.4 Å².